The molecular formula is C16H13N3O3. The molecule has 22 heavy (non-hydrogen) atoms. The van der Waals surface area contributed by atoms with E-state index in [1.165, 1.54) is 4.90 Å². The number of benzene rings is 1. The first-order valence-corrected chi connectivity index (χ1v) is 7.12. The number of aromatic nitrogens is 1. The van der Waals surface area contributed by atoms with Crippen LogP contribution in [0.3, 0.4) is 0 Å². The Hall–Kier alpha value is -2.76. The maximum Gasteiger partial charge on any atom is 0.261 e. The maximum atomic E-state index is 12.7. The van der Waals surface area contributed by atoms with Crippen LogP contribution in [0.5, 0.6) is 0 Å². The summed E-state index contributed by atoms with van der Waals surface area (Å²) in [5.74, 6) is -0.937. The number of imide groups is 1. The van der Waals surface area contributed by atoms with E-state index in [4.69, 9.17) is 0 Å². The molecule has 1 fully saturated rings. The topological polar surface area (TPSA) is 79.4 Å². The second-order valence-electron chi connectivity index (χ2n) is 5.65. The minimum absolute atomic E-state index is 0.229. The molecule has 1 N–H and O–H groups in total. The van der Waals surface area contributed by atoms with Crippen molar-refractivity contribution >= 4 is 34.2 Å². The van der Waals surface area contributed by atoms with Crippen LogP contribution in [0.2, 0.25) is 0 Å². The molecule has 0 radical (unpaired) electrons. The molecule has 1 atom stereocenters. The van der Waals surface area contributed by atoms with E-state index in [0.29, 0.717) is 12.0 Å². The molecule has 1 unspecified atom stereocenters. The predicted molar refractivity (Wildman–Crippen MR) is 79.5 cm³/mol. The van der Waals surface area contributed by atoms with E-state index in [2.05, 4.69) is 10.3 Å². The van der Waals surface area contributed by atoms with E-state index >= 15 is 0 Å². The quantitative estimate of drug-likeness (QED) is 0.804. The number of aryl methyl sites for hydroxylation is 1. The summed E-state index contributed by atoms with van der Waals surface area (Å²) in [7, 11) is 0. The second-order valence-corrected chi connectivity index (χ2v) is 5.65. The molecular weight excluding hydrogens is 282 g/mol. The van der Waals surface area contributed by atoms with Gasteiger partial charge >= 0.3 is 0 Å². The number of anilines is 1. The van der Waals surface area contributed by atoms with Gasteiger partial charge in [0.15, 0.2) is 0 Å². The Morgan fingerprint density at radius 3 is 2.82 bits per heavy atom. The lowest BCUT2D eigenvalue weighted by molar-refractivity contribution is -0.134. The second kappa shape index (κ2) is 4.37. The Morgan fingerprint density at radius 1 is 1.23 bits per heavy atom. The van der Waals surface area contributed by atoms with Crippen LogP contribution in [0.25, 0.3) is 10.8 Å². The molecule has 2 aromatic rings. The van der Waals surface area contributed by atoms with E-state index in [0.717, 1.165) is 22.0 Å². The molecule has 3 amide bonds. The number of nitrogens with one attached hydrogen (secondary N) is 1. The van der Waals surface area contributed by atoms with Gasteiger partial charge in [-0.15, -0.1) is 0 Å². The average molecular weight is 295 g/mol. The largest absolute Gasteiger partial charge is 0.295 e. The molecule has 6 heteroatoms. The Balaban J connectivity index is 1.89. The first kappa shape index (κ1) is 12.9. The minimum Gasteiger partial charge on any atom is -0.295 e. The van der Waals surface area contributed by atoms with Gasteiger partial charge in [-0.05, 0) is 25.0 Å². The molecule has 2 aliphatic rings. The Bertz CT molecular complexity index is 859. The minimum atomic E-state index is -0.650. The van der Waals surface area contributed by atoms with Gasteiger partial charge in [0.2, 0.25) is 11.8 Å². The maximum absolute atomic E-state index is 12.7. The van der Waals surface area contributed by atoms with E-state index < -0.39 is 11.9 Å². The molecule has 0 saturated carbocycles. The average Bonchev–Trinajstić information content (AvgIpc) is 2.78. The molecule has 3 heterocycles. The smallest absolute Gasteiger partial charge is 0.261 e. The first-order valence-electron chi connectivity index (χ1n) is 7.12. The number of rotatable bonds is 1. The number of nitrogens with zero attached hydrogens (tertiary/aromatic N) is 2. The first-order chi connectivity index (χ1) is 10.6. The van der Waals surface area contributed by atoms with Crippen LogP contribution in [0.1, 0.15) is 28.8 Å². The number of carbonyl (C=O) groups excluding carboxylic acids is 3. The van der Waals surface area contributed by atoms with Crippen molar-refractivity contribution in [3.8, 4) is 0 Å². The number of amides is 3. The van der Waals surface area contributed by atoms with E-state index in [1.807, 2.05) is 19.1 Å². The van der Waals surface area contributed by atoms with Gasteiger partial charge < -0.3 is 0 Å². The fourth-order valence-electron chi connectivity index (χ4n) is 3.25. The molecule has 1 aromatic carbocycles. The molecule has 1 saturated heterocycles. The molecule has 110 valence electrons. The van der Waals surface area contributed by atoms with E-state index in [9.17, 15) is 14.4 Å². The lowest BCUT2D eigenvalue weighted by atomic mass is 10.0. The van der Waals surface area contributed by atoms with Crippen LogP contribution in [-0.2, 0) is 9.59 Å². The summed E-state index contributed by atoms with van der Waals surface area (Å²) in [5.41, 5.74) is 2.27. The molecule has 1 aromatic heterocycles. The summed E-state index contributed by atoms with van der Waals surface area (Å²) < 4.78 is 0. The zero-order chi connectivity index (χ0) is 15.4. The van der Waals surface area contributed by atoms with Crippen molar-refractivity contribution < 1.29 is 14.4 Å². The van der Waals surface area contributed by atoms with Crippen LogP contribution in [0.15, 0.2) is 24.5 Å². The third kappa shape index (κ3) is 1.60. The highest BCUT2D eigenvalue weighted by molar-refractivity contribution is 6.27. The lowest BCUT2D eigenvalue weighted by Gasteiger charge is -2.30. The van der Waals surface area contributed by atoms with Crippen LogP contribution in [-0.4, -0.2) is 28.7 Å². The van der Waals surface area contributed by atoms with Gasteiger partial charge in [-0.2, -0.15) is 0 Å². The normalized spacial score (nSPS) is 20.7. The van der Waals surface area contributed by atoms with Crippen molar-refractivity contribution in [2.24, 2.45) is 0 Å². The van der Waals surface area contributed by atoms with Gasteiger partial charge in [-0.1, -0.05) is 6.07 Å². The standard InChI is InChI=1S/C16H13N3O3/c1-8-2-3-11-14-9(8)6-17-7-10(14)16(22)19(11)12-4-5-13(20)18-15(12)21/h2-3,6-7,12H,4-5H2,1H3,(H,18,20,21). The Morgan fingerprint density at radius 2 is 2.05 bits per heavy atom. The zero-order valence-electron chi connectivity index (χ0n) is 11.9. The van der Waals surface area contributed by atoms with Crippen LogP contribution < -0.4 is 10.2 Å². The van der Waals surface area contributed by atoms with Crippen molar-refractivity contribution in [2.75, 3.05) is 4.90 Å². The molecule has 2 aliphatic heterocycles. The van der Waals surface area contributed by atoms with Gasteiger partial charge in [-0.3, -0.25) is 29.6 Å². The third-order valence-corrected chi connectivity index (χ3v) is 4.35. The van der Waals surface area contributed by atoms with Crippen LogP contribution in [0, 0.1) is 6.92 Å². The fraction of sp³-hybridized carbons (Fsp3) is 0.250. The highest BCUT2D eigenvalue weighted by Crippen LogP contribution is 2.40. The van der Waals surface area contributed by atoms with Gasteiger partial charge in [-0.25, -0.2) is 0 Å². The summed E-state index contributed by atoms with van der Waals surface area (Å²) in [5, 5.41) is 4.06. The summed E-state index contributed by atoms with van der Waals surface area (Å²) >= 11 is 0. The Labute approximate surface area is 126 Å². The molecule has 0 spiro atoms. The zero-order valence-corrected chi connectivity index (χ0v) is 11.9. The highest BCUT2D eigenvalue weighted by atomic mass is 16.2. The van der Waals surface area contributed by atoms with Crippen LogP contribution >= 0.6 is 0 Å². The van der Waals surface area contributed by atoms with Crippen molar-refractivity contribution in [1.82, 2.24) is 10.3 Å². The number of hydrogen-bond donors (Lipinski definition) is 1. The van der Waals surface area contributed by atoms with Crippen LogP contribution in [0.4, 0.5) is 5.69 Å². The van der Waals surface area contributed by atoms with E-state index in [-0.39, 0.29) is 18.2 Å². The van der Waals surface area contributed by atoms with Crippen molar-refractivity contribution in [3.63, 3.8) is 0 Å². The van der Waals surface area contributed by atoms with Gasteiger partial charge in [0, 0.05) is 29.6 Å². The predicted octanol–water partition coefficient (Wildman–Crippen LogP) is 1.31. The summed E-state index contributed by atoms with van der Waals surface area (Å²) in [6.45, 7) is 1.96. The third-order valence-electron chi connectivity index (χ3n) is 4.35. The summed E-state index contributed by atoms with van der Waals surface area (Å²) in [6, 6.07) is 3.12. The number of hydrogen-bond acceptors (Lipinski definition) is 4. The lowest BCUT2D eigenvalue weighted by Crippen LogP contribution is -2.53. The number of pyridine rings is 1. The summed E-state index contributed by atoms with van der Waals surface area (Å²) in [4.78, 5) is 41.8. The monoisotopic (exact) mass is 295 g/mol. The fourth-order valence-corrected chi connectivity index (χ4v) is 3.25. The Kier molecular flexibility index (Phi) is 2.57. The van der Waals surface area contributed by atoms with E-state index in [1.54, 1.807) is 12.4 Å². The van der Waals surface area contributed by atoms with Crippen molar-refractivity contribution in [3.05, 3.63) is 35.7 Å². The van der Waals surface area contributed by atoms with Crippen molar-refractivity contribution in [1.29, 1.82) is 0 Å². The van der Waals surface area contributed by atoms with Crippen molar-refractivity contribution in [2.45, 2.75) is 25.8 Å². The SMILES string of the molecule is Cc1ccc2c3c(cncc13)C(=O)N2C1CCC(=O)NC1=O. The molecule has 4 rings (SSSR count). The van der Waals surface area contributed by atoms with Gasteiger partial charge in [0.1, 0.15) is 6.04 Å². The van der Waals surface area contributed by atoms with Gasteiger partial charge in [0.25, 0.3) is 5.91 Å². The molecule has 0 aliphatic carbocycles. The summed E-state index contributed by atoms with van der Waals surface area (Å²) in [6.07, 6.45) is 3.86. The highest BCUT2D eigenvalue weighted by Gasteiger charge is 2.40. The number of piperidine rings is 1. The van der Waals surface area contributed by atoms with Gasteiger partial charge in [0.05, 0.1) is 11.3 Å². The molecule has 6 nitrogen and oxygen atoms in total. The number of carbonyl (C=O) groups is 3. The molecule has 0 bridgehead atoms.